The van der Waals surface area contributed by atoms with Crippen molar-refractivity contribution in [1.29, 1.82) is 0 Å². The minimum absolute atomic E-state index is 0.724. The van der Waals surface area contributed by atoms with E-state index in [9.17, 15) is 0 Å². The third kappa shape index (κ3) is 9.61. The number of fused-ring (bicyclic) bond motifs is 8. The van der Waals surface area contributed by atoms with Crippen molar-refractivity contribution in [3.05, 3.63) is 226 Å². The molecular formula is C58H57IN4OSi. The molecule has 0 aliphatic carbocycles. The highest BCUT2D eigenvalue weighted by molar-refractivity contribution is 14.1. The third-order valence-electron chi connectivity index (χ3n) is 12.1. The lowest BCUT2D eigenvalue weighted by atomic mass is 9.92. The van der Waals surface area contributed by atoms with Crippen molar-refractivity contribution in [2.24, 2.45) is 0 Å². The van der Waals surface area contributed by atoms with Gasteiger partial charge in [-0.05, 0) is 168 Å². The summed E-state index contributed by atoms with van der Waals surface area (Å²) >= 11 is 2.39. The van der Waals surface area contributed by atoms with E-state index < -0.39 is 8.07 Å². The van der Waals surface area contributed by atoms with Gasteiger partial charge in [0, 0.05) is 75.6 Å². The van der Waals surface area contributed by atoms with E-state index >= 15 is 0 Å². The van der Waals surface area contributed by atoms with Crippen LogP contribution in [0.15, 0.2) is 133 Å². The maximum Gasteiger partial charge on any atom is 0.129 e. The SMILES string of the molecule is CCCCCCOc1ccc(C2=c3ccc([nH]3)=C(c3ccc(C#C[Si](C)(C)C)cc3)c3ccc([nH]3)C(c3c(C)cc(C)cc3C)=c3ccc([nH]3)=C(c3ccc(I)cc3)c3ccc2[nH]3)cc1. The van der Waals surface area contributed by atoms with Crippen LogP contribution in [0.4, 0.5) is 0 Å². The van der Waals surface area contributed by atoms with E-state index in [4.69, 9.17) is 4.74 Å². The smallest absolute Gasteiger partial charge is 0.129 e. The highest BCUT2D eigenvalue weighted by Gasteiger charge is 2.20. The van der Waals surface area contributed by atoms with Gasteiger partial charge in [0.15, 0.2) is 0 Å². The number of aryl methyl sites for hydroxylation is 3. The zero-order valence-electron chi connectivity index (χ0n) is 38.5. The maximum atomic E-state index is 6.22. The number of H-pyrrole nitrogens is 4. The number of aromatic amines is 4. The first-order valence-electron chi connectivity index (χ1n) is 22.9. The Morgan fingerprint density at radius 1 is 0.508 bits per heavy atom. The Labute approximate surface area is 397 Å². The molecule has 326 valence electrons. The molecule has 0 atom stereocenters. The molecule has 4 aromatic heterocycles. The summed E-state index contributed by atoms with van der Waals surface area (Å²) in [7, 11) is -1.54. The van der Waals surface area contributed by atoms with Crippen molar-refractivity contribution >= 4 is 53.0 Å². The van der Waals surface area contributed by atoms with Crippen LogP contribution in [0.2, 0.25) is 19.6 Å². The molecule has 65 heavy (non-hydrogen) atoms. The summed E-state index contributed by atoms with van der Waals surface area (Å²) in [6.45, 7) is 16.4. The van der Waals surface area contributed by atoms with Gasteiger partial charge in [0.05, 0.1) is 6.61 Å². The Morgan fingerprint density at radius 3 is 1.43 bits per heavy atom. The molecule has 0 saturated carbocycles. The Hall–Kier alpha value is -6.21. The highest BCUT2D eigenvalue weighted by Crippen LogP contribution is 2.31. The fraction of sp³-hybridized carbons (Fsp3) is 0.207. The number of hydrogen-bond acceptors (Lipinski definition) is 1. The van der Waals surface area contributed by atoms with E-state index in [-0.39, 0.29) is 0 Å². The summed E-state index contributed by atoms with van der Waals surface area (Å²) in [4.78, 5) is 15.8. The molecule has 1 aliphatic rings. The molecule has 0 radical (unpaired) electrons. The molecule has 7 heteroatoms. The van der Waals surface area contributed by atoms with E-state index in [1.807, 2.05) is 0 Å². The van der Waals surface area contributed by atoms with Gasteiger partial charge in [0.25, 0.3) is 0 Å². The molecule has 0 spiro atoms. The Bertz CT molecular complexity index is 3320. The topological polar surface area (TPSA) is 72.4 Å². The molecule has 5 heterocycles. The predicted molar refractivity (Wildman–Crippen MR) is 281 cm³/mol. The van der Waals surface area contributed by atoms with E-state index in [1.54, 1.807) is 0 Å². The number of unbranched alkanes of at least 4 members (excludes halogenated alkanes) is 3. The molecule has 0 saturated heterocycles. The number of rotatable bonds is 10. The summed E-state index contributed by atoms with van der Waals surface area (Å²) in [5.41, 5.74) is 21.3. The minimum Gasteiger partial charge on any atom is -0.494 e. The van der Waals surface area contributed by atoms with Gasteiger partial charge in [-0.1, -0.05) is 106 Å². The average Bonchev–Trinajstić information content (AvgIpc) is 4.13. The lowest BCUT2D eigenvalue weighted by molar-refractivity contribution is 0.305. The minimum atomic E-state index is -1.54. The van der Waals surface area contributed by atoms with Crippen molar-refractivity contribution < 1.29 is 4.74 Å². The van der Waals surface area contributed by atoms with Crippen LogP contribution < -0.4 is 26.1 Å². The first kappa shape index (κ1) is 44.0. The van der Waals surface area contributed by atoms with Gasteiger partial charge in [-0.15, -0.1) is 5.54 Å². The fourth-order valence-electron chi connectivity index (χ4n) is 9.14. The number of nitrogens with one attached hydrogen (secondary N) is 4. The van der Waals surface area contributed by atoms with Crippen molar-refractivity contribution in [2.45, 2.75) is 73.0 Å². The Kier molecular flexibility index (Phi) is 12.7. The standard InChI is InChI=1S/C58H57IN4OSi/c1-8-9-10-11-33-64-45-22-18-43(19-23-45)57-48-26-24-46(60-48)55(41-14-12-40(13-15-41)32-34-65(5,6)7)50-28-30-52(62-50)58(54-38(3)35-37(2)36-39(54)4)53-31-29-51(63-53)56(47-25-27-49(57)61-47)42-16-20-44(59)21-17-42/h12-31,35-36,60-63H,8-11,33H2,1-7H3. The molecule has 0 amide bonds. The lowest BCUT2D eigenvalue weighted by Gasteiger charge is -2.15. The summed E-state index contributed by atoms with van der Waals surface area (Å²) in [5.74, 6) is 4.35. The van der Waals surface area contributed by atoms with Crippen molar-refractivity contribution in [1.82, 2.24) is 19.9 Å². The quantitative estimate of drug-likeness (QED) is 0.0469. The zero-order chi connectivity index (χ0) is 45.2. The van der Waals surface area contributed by atoms with Gasteiger partial charge >= 0.3 is 0 Å². The number of benzene rings is 4. The summed E-state index contributed by atoms with van der Waals surface area (Å²) < 4.78 is 7.41. The van der Waals surface area contributed by atoms with Gasteiger partial charge in [0.1, 0.15) is 13.8 Å². The molecule has 4 aromatic carbocycles. The van der Waals surface area contributed by atoms with Crippen LogP contribution in [-0.2, 0) is 0 Å². The molecule has 5 nitrogen and oxygen atoms in total. The number of halogens is 1. The first-order chi connectivity index (χ1) is 31.4. The number of hydrogen-bond donors (Lipinski definition) is 4. The lowest BCUT2D eigenvalue weighted by Crippen LogP contribution is -2.19. The number of ether oxygens (including phenoxy) is 1. The third-order valence-corrected chi connectivity index (χ3v) is 13.7. The van der Waals surface area contributed by atoms with Crippen LogP contribution in [0.1, 0.15) is 99.9 Å². The normalized spacial score (nSPS) is 12.7. The van der Waals surface area contributed by atoms with Gasteiger partial charge in [-0.2, -0.15) is 0 Å². The van der Waals surface area contributed by atoms with Crippen LogP contribution in [0.3, 0.4) is 0 Å². The van der Waals surface area contributed by atoms with E-state index in [0.717, 1.165) is 107 Å². The summed E-state index contributed by atoms with van der Waals surface area (Å²) in [6, 6.07) is 48.5. The van der Waals surface area contributed by atoms with Crippen molar-refractivity contribution in [2.75, 3.05) is 6.61 Å². The molecular weight excluding hydrogens is 924 g/mol. The molecule has 0 fully saturated rings. The second kappa shape index (κ2) is 18.7. The average molecular weight is 981 g/mol. The van der Waals surface area contributed by atoms with E-state index in [2.05, 4.69) is 235 Å². The molecule has 0 unspecified atom stereocenters. The summed E-state index contributed by atoms with van der Waals surface area (Å²) in [5, 5.41) is 4.09. The molecule has 9 rings (SSSR count). The number of aromatic nitrogens is 4. The van der Waals surface area contributed by atoms with Gasteiger partial charge in [-0.25, -0.2) is 0 Å². The van der Waals surface area contributed by atoms with E-state index in [1.165, 1.54) is 45.1 Å². The second-order valence-corrected chi connectivity index (χ2v) is 24.4. The highest BCUT2D eigenvalue weighted by atomic mass is 127. The van der Waals surface area contributed by atoms with Gasteiger partial charge < -0.3 is 24.7 Å². The van der Waals surface area contributed by atoms with Crippen LogP contribution in [-0.4, -0.2) is 34.6 Å². The van der Waals surface area contributed by atoms with Gasteiger partial charge in [0.2, 0.25) is 0 Å². The van der Waals surface area contributed by atoms with Crippen LogP contribution >= 0.6 is 22.6 Å². The van der Waals surface area contributed by atoms with Crippen LogP contribution in [0, 0.1) is 35.8 Å². The monoisotopic (exact) mass is 980 g/mol. The molecule has 4 N–H and O–H groups in total. The second-order valence-electron chi connectivity index (χ2n) is 18.4. The maximum absolute atomic E-state index is 6.22. The predicted octanol–water partition coefficient (Wildman–Crippen LogP) is 11.0. The fourth-order valence-corrected chi connectivity index (χ4v) is 10.0. The largest absolute Gasteiger partial charge is 0.494 e. The molecule has 8 aromatic rings. The Morgan fingerprint density at radius 2 is 0.954 bits per heavy atom. The van der Waals surface area contributed by atoms with Crippen LogP contribution in [0.5, 0.6) is 5.75 Å². The van der Waals surface area contributed by atoms with Crippen molar-refractivity contribution in [3.8, 4) is 17.2 Å². The van der Waals surface area contributed by atoms with Crippen molar-refractivity contribution in [3.63, 3.8) is 0 Å². The first-order valence-corrected chi connectivity index (χ1v) is 27.5. The van der Waals surface area contributed by atoms with E-state index in [0.29, 0.717) is 0 Å². The molecule has 8 bridgehead atoms. The summed E-state index contributed by atoms with van der Waals surface area (Å²) in [6.07, 6.45) is 4.70. The van der Waals surface area contributed by atoms with Gasteiger partial charge in [-0.3, -0.25) is 0 Å². The molecule has 1 aliphatic heterocycles. The zero-order valence-corrected chi connectivity index (χ0v) is 41.7. The van der Waals surface area contributed by atoms with Crippen LogP contribution in [0.25, 0.3) is 22.3 Å². The Balaban J connectivity index is 1.33.